The van der Waals surface area contributed by atoms with Crippen LogP contribution >= 0.6 is 0 Å². The van der Waals surface area contributed by atoms with Crippen LogP contribution in [-0.2, 0) is 0 Å². The van der Waals surface area contributed by atoms with Gasteiger partial charge in [-0.05, 0) is 123 Å². The van der Waals surface area contributed by atoms with Crippen molar-refractivity contribution in [2.45, 2.75) is 41.0 Å². The molecule has 40 heavy (non-hydrogen) atoms. The molecule has 0 radical (unpaired) electrons. The van der Waals surface area contributed by atoms with Crippen LogP contribution < -0.4 is 14.5 Å². The van der Waals surface area contributed by atoms with Gasteiger partial charge in [0.05, 0.1) is 0 Å². The molecule has 1 N–H and O–H groups in total. The Labute approximate surface area is 242 Å². The van der Waals surface area contributed by atoms with E-state index in [1.165, 1.54) is 5.57 Å². The minimum Gasteiger partial charge on any atom is -0.507 e. The second-order valence-electron chi connectivity index (χ2n) is 10.8. The van der Waals surface area contributed by atoms with Crippen LogP contribution in [0.4, 0.5) is 11.4 Å². The average Bonchev–Trinajstić information content (AvgIpc) is 2.92. The topological polar surface area (TPSA) is 42.4 Å². The molecule has 0 saturated carbocycles. The largest absolute Gasteiger partial charge is 0.507 e. The Morgan fingerprint density at radius 2 is 1.48 bits per heavy atom. The highest BCUT2D eigenvalue weighted by molar-refractivity contribution is 5.82. The molecule has 6 nitrogen and oxygen atoms in total. The molecule has 1 aliphatic rings. The molecule has 6 heteroatoms. The van der Waals surface area contributed by atoms with E-state index < -0.39 is 0 Å². The summed E-state index contributed by atoms with van der Waals surface area (Å²) in [5.74, 6) is 1.93. The maximum absolute atomic E-state index is 11.2. The van der Waals surface area contributed by atoms with Crippen molar-refractivity contribution in [1.82, 2.24) is 9.80 Å². The van der Waals surface area contributed by atoms with E-state index in [0.717, 1.165) is 91.8 Å². The third-order valence-electron chi connectivity index (χ3n) is 7.59. The minimum atomic E-state index is 0.281. The highest BCUT2D eigenvalue weighted by Crippen LogP contribution is 2.38. The van der Waals surface area contributed by atoms with Crippen LogP contribution in [0, 0.1) is 0 Å². The normalized spacial score (nSPS) is 14.4. The number of nitrogens with zero attached hydrogens (tertiary/aromatic N) is 4. The van der Waals surface area contributed by atoms with Crippen molar-refractivity contribution < 1.29 is 9.84 Å². The van der Waals surface area contributed by atoms with Gasteiger partial charge in [0.25, 0.3) is 0 Å². The monoisotopic (exact) mass is 546 g/mol. The number of ether oxygens (including phenoxy) is 1. The molecule has 218 valence electrons. The first kappa shape index (κ1) is 31.3. The Morgan fingerprint density at radius 1 is 0.850 bits per heavy atom. The number of fused-ring (bicyclic) bond motifs is 1. The van der Waals surface area contributed by atoms with E-state index in [-0.39, 0.29) is 5.75 Å². The lowest BCUT2D eigenvalue weighted by Gasteiger charge is -2.25. The molecule has 0 fully saturated rings. The summed E-state index contributed by atoms with van der Waals surface area (Å²) < 4.78 is 6.48. The van der Waals surface area contributed by atoms with Gasteiger partial charge in [0.2, 0.25) is 0 Å². The van der Waals surface area contributed by atoms with Crippen molar-refractivity contribution in [3.05, 3.63) is 71.5 Å². The van der Waals surface area contributed by atoms with Gasteiger partial charge >= 0.3 is 0 Å². The average molecular weight is 547 g/mol. The SMILES string of the molecule is CCN(CC)c1ccc(C(/C=C2/C=C(C)c3ccc(N(CC)CC)cc3O2)=C\CN(C)CCCN(C)C)c(O)c1. The Bertz CT molecular complexity index is 1210. The van der Waals surface area contributed by atoms with Crippen LogP contribution in [0.25, 0.3) is 11.1 Å². The molecule has 0 spiro atoms. The third kappa shape index (κ3) is 8.15. The number of phenols is 1. The van der Waals surface area contributed by atoms with Gasteiger partial charge in [-0.1, -0.05) is 6.08 Å². The fraction of sp³-hybridized carbons (Fsp3) is 0.471. The maximum atomic E-state index is 11.2. The molecule has 0 aromatic heterocycles. The summed E-state index contributed by atoms with van der Waals surface area (Å²) in [6.07, 6.45) is 7.46. The van der Waals surface area contributed by atoms with E-state index >= 15 is 0 Å². The minimum absolute atomic E-state index is 0.281. The number of hydrogen-bond donors (Lipinski definition) is 1. The zero-order valence-corrected chi connectivity index (χ0v) is 26.0. The molecule has 2 aromatic rings. The summed E-state index contributed by atoms with van der Waals surface area (Å²) in [5.41, 5.74) is 6.23. The van der Waals surface area contributed by atoms with Crippen LogP contribution in [0.2, 0.25) is 0 Å². The van der Waals surface area contributed by atoms with E-state index in [1.54, 1.807) is 0 Å². The van der Waals surface area contributed by atoms with Gasteiger partial charge in [0.1, 0.15) is 17.3 Å². The quantitative estimate of drug-likeness (QED) is 0.283. The Balaban J connectivity index is 1.97. The highest BCUT2D eigenvalue weighted by Gasteiger charge is 2.18. The second-order valence-corrected chi connectivity index (χ2v) is 10.8. The molecule has 0 saturated heterocycles. The number of phenolic OH excluding ortho intramolecular Hbond substituents is 1. The summed E-state index contributed by atoms with van der Waals surface area (Å²) in [4.78, 5) is 9.10. The molecule has 3 rings (SSSR count). The molecule has 2 aromatic carbocycles. The maximum Gasteiger partial charge on any atom is 0.136 e. The summed E-state index contributed by atoms with van der Waals surface area (Å²) >= 11 is 0. The number of rotatable bonds is 14. The van der Waals surface area contributed by atoms with Crippen molar-refractivity contribution >= 4 is 22.5 Å². The van der Waals surface area contributed by atoms with Gasteiger partial charge in [0, 0.05) is 67.4 Å². The molecular formula is C34H50N4O2. The lowest BCUT2D eigenvalue weighted by atomic mass is 9.99. The third-order valence-corrected chi connectivity index (χ3v) is 7.59. The van der Waals surface area contributed by atoms with Gasteiger partial charge in [-0.2, -0.15) is 0 Å². The summed E-state index contributed by atoms with van der Waals surface area (Å²) in [5, 5.41) is 11.2. The molecule has 0 unspecified atom stereocenters. The van der Waals surface area contributed by atoms with Gasteiger partial charge in [-0.3, -0.25) is 0 Å². The number of anilines is 2. The molecule has 1 heterocycles. The van der Waals surface area contributed by atoms with Gasteiger partial charge in [-0.25, -0.2) is 0 Å². The van der Waals surface area contributed by atoms with Crippen molar-refractivity contribution in [1.29, 1.82) is 0 Å². The molecule has 0 amide bonds. The van der Waals surface area contributed by atoms with E-state index in [4.69, 9.17) is 4.74 Å². The van der Waals surface area contributed by atoms with Gasteiger partial charge < -0.3 is 29.4 Å². The predicted molar refractivity (Wildman–Crippen MR) is 173 cm³/mol. The first-order chi connectivity index (χ1) is 19.2. The number of allylic oxidation sites excluding steroid dienone is 4. The molecular weight excluding hydrogens is 496 g/mol. The van der Waals surface area contributed by atoms with Crippen molar-refractivity contribution in [3.8, 4) is 11.5 Å². The molecule has 0 aliphatic carbocycles. The van der Waals surface area contributed by atoms with Crippen molar-refractivity contribution in [2.75, 3.05) is 76.8 Å². The highest BCUT2D eigenvalue weighted by atomic mass is 16.5. The smallest absolute Gasteiger partial charge is 0.136 e. The number of aromatic hydroxyl groups is 1. The fourth-order valence-electron chi connectivity index (χ4n) is 5.18. The lowest BCUT2D eigenvalue weighted by molar-refractivity contribution is 0.322. The summed E-state index contributed by atoms with van der Waals surface area (Å²) in [7, 11) is 6.36. The Kier molecular flexibility index (Phi) is 11.7. The molecule has 0 bridgehead atoms. The van der Waals surface area contributed by atoms with Crippen LogP contribution in [0.3, 0.4) is 0 Å². The summed E-state index contributed by atoms with van der Waals surface area (Å²) in [6, 6.07) is 12.5. The number of likely N-dealkylation sites (N-methyl/N-ethyl adjacent to an activating group) is 1. The molecule has 1 aliphatic heterocycles. The number of benzene rings is 2. The Morgan fingerprint density at radius 3 is 2.08 bits per heavy atom. The number of hydrogen-bond acceptors (Lipinski definition) is 6. The van der Waals surface area contributed by atoms with Crippen LogP contribution in [0.1, 0.15) is 52.2 Å². The summed E-state index contributed by atoms with van der Waals surface area (Å²) in [6.45, 7) is 17.3. The zero-order chi connectivity index (χ0) is 29.2. The first-order valence-electron chi connectivity index (χ1n) is 14.8. The Hall–Kier alpha value is -3.22. The van der Waals surface area contributed by atoms with E-state index in [2.05, 4.69) is 118 Å². The fourth-order valence-corrected chi connectivity index (χ4v) is 5.18. The zero-order valence-electron chi connectivity index (χ0n) is 26.0. The van der Waals surface area contributed by atoms with Gasteiger partial charge in [-0.15, -0.1) is 0 Å². The van der Waals surface area contributed by atoms with E-state index in [0.29, 0.717) is 0 Å². The van der Waals surface area contributed by atoms with E-state index in [9.17, 15) is 5.11 Å². The van der Waals surface area contributed by atoms with Crippen LogP contribution in [-0.4, -0.2) is 81.9 Å². The first-order valence-corrected chi connectivity index (χ1v) is 14.8. The van der Waals surface area contributed by atoms with Crippen LogP contribution in [0.15, 0.2) is 60.4 Å². The predicted octanol–water partition coefficient (Wildman–Crippen LogP) is 6.73. The van der Waals surface area contributed by atoms with E-state index in [1.807, 2.05) is 12.1 Å². The standard InChI is InChI=1S/C34H50N4O2/c1-9-37(10-2)28-15-17-32(33(39)24-28)27(18-21-36(8)20-13-19-35(6)7)23-30-22-26(5)31-16-14-29(25-34(31)40-30)38(11-3)12-4/h14-18,22-25,39H,9-13,19-21H2,1-8H3/b27-18-,30-23-. The van der Waals surface area contributed by atoms with Crippen molar-refractivity contribution in [3.63, 3.8) is 0 Å². The van der Waals surface area contributed by atoms with Crippen LogP contribution in [0.5, 0.6) is 11.5 Å². The molecule has 0 atom stereocenters. The lowest BCUT2D eigenvalue weighted by Crippen LogP contribution is -2.24. The van der Waals surface area contributed by atoms with Gasteiger partial charge in [0.15, 0.2) is 0 Å². The second kappa shape index (κ2) is 15.0. The van der Waals surface area contributed by atoms with Crippen molar-refractivity contribution in [2.24, 2.45) is 0 Å².